The topological polar surface area (TPSA) is 97.2 Å². The van der Waals surface area contributed by atoms with E-state index in [0.29, 0.717) is 33.9 Å². The second-order valence-electron chi connectivity index (χ2n) is 7.02. The van der Waals surface area contributed by atoms with Crippen LogP contribution in [0.3, 0.4) is 0 Å². The van der Waals surface area contributed by atoms with E-state index in [1.807, 2.05) is 32.0 Å². The summed E-state index contributed by atoms with van der Waals surface area (Å²) in [6.45, 7) is 4.35. The zero-order valence-electron chi connectivity index (χ0n) is 17.9. The van der Waals surface area contributed by atoms with Crippen molar-refractivity contribution in [3.05, 3.63) is 64.9 Å². The highest BCUT2D eigenvalue weighted by molar-refractivity contribution is 7.99. The van der Waals surface area contributed by atoms with Crippen molar-refractivity contribution in [3.8, 4) is 0 Å². The summed E-state index contributed by atoms with van der Waals surface area (Å²) in [5, 5.41) is 12.2. The molecule has 0 saturated heterocycles. The number of anilines is 2. The number of hydrogen-bond donors (Lipinski definition) is 1. The van der Waals surface area contributed by atoms with Crippen LogP contribution in [-0.4, -0.2) is 41.1 Å². The number of aryl methyl sites for hydroxylation is 1. The lowest BCUT2D eigenvalue weighted by Gasteiger charge is -2.22. The SMILES string of the molecule is CCn1c(CN(c2ccccc2)S(C)(=O)=O)nnc1SCC(=O)Nc1c(C)cccc1Cl. The highest BCUT2D eigenvalue weighted by Crippen LogP contribution is 2.26. The number of hydrogen-bond acceptors (Lipinski definition) is 6. The van der Waals surface area contributed by atoms with Crippen LogP contribution < -0.4 is 9.62 Å². The number of nitrogens with one attached hydrogen (secondary N) is 1. The van der Waals surface area contributed by atoms with Gasteiger partial charge >= 0.3 is 0 Å². The zero-order valence-corrected chi connectivity index (χ0v) is 20.3. The van der Waals surface area contributed by atoms with E-state index in [-0.39, 0.29) is 18.2 Å². The van der Waals surface area contributed by atoms with Crippen LogP contribution in [0.4, 0.5) is 11.4 Å². The van der Waals surface area contributed by atoms with Gasteiger partial charge in [-0.15, -0.1) is 10.2 Å². The van der Waals surface area contributed by atoms with Gasteiger partial charge < -0.3 is 9.88 Å². The minimum absolute atomic E-state index is 0.0370. The average molecular weight is 494 g/mol. The van der Waals surface area contributed by atoms with Crippen molar-refractivity contribution >= 4 is 50.7 Å². The highest BCUT2D eigenvalue weighted by Gasteiger charge is 2.22. The van der Waals surface area contributed by atoms with E-state index in [1.165, 1.54) is 16.1 Å². The first-order valence-electron chi connectivity index (χ1n) is 9.83. The van der Waals surface area contributed by atoms with Crippen molar-refractivity contribution in [2.24, 2.45) is 0 Å². The van der Waals surface area contributed by atoms with Gasteiger partial charge in [-0.3, -0.25) is 9.10 Å². The van der Waals surface area contributed by atoms with Crippen LogP contribution in [-0.2, 0) is 27.9 Å². The number of carbonyl (C=O) groups excluding carboxylic acids is 1. The molecule has 0 radical (unpaired) electrons. The van der Waals surface area contributed by atoms with Crippen LogP contribution in [0.2, 0.25) is 5.02 Å². The predicted octanol–water partition coefficient (Wildman–Crippen LogP) is 3.96. The van der Waals surface area contributed by atoms with Crippen LogP contribution >= 0.6 is 23.4 Å². The maximum Gasteiger partial charge on any atom is 0.234 e. The fraction of sp³-hybridized carbons (Fsp3) is 0.286. The van der Waals surface area contributed by atoms with Crippen LogP contribution in [0.15, 0.2) is 53.7 Å². The molecule has 0 aliphatic rings. The molecule has 11 heteroatoms. The van der Waals surface area contributed by atoms with Gasteiger partial charge in [0.25, 0.3) is 0 Å². The van der Waals surface area contributed by atoms with Crippen molar-refractivity contribution in [3.63, 3.8) is 0 Å². The molecule has 1 aromatic heterocycles. The van der Waals surface area contributed by atoms with Gasteiger partial charge in [0.15, 0.2) is 11.0 Å². The first-order chi connectivity index (χ1) is 15.2. The molecule has 2 aromatic carbocycles. The summed E-state index contributed by atoms with van der Waals surface area (Å²) in [4.78, 5) is 12.5. The van der Waals surface area contributed by atoms with Gasteiger partial charge in [-0.05, 0) is 37.6 Å². The Labute approximate surface area is 197 Å². The van der Waals surface area contributed by atoms with Gasteiger partial charge in [-0.1, -0.05) is 53.7 Å². The summed E-state index contributed by atoms with van der Waals surface area (Å²) in [7, 11) is -3.53. The lowest BCUT2D eigenvalue weighted by atomic mass is 10.2. The van der Waals surface area contributed by atoms with Crippen molar-refractivity contribution < 1.29 is 13.2 Å². The van der Waals surface area contributed by atoms with E-state index in [1.54, 1.807) is 34.9 Å². The molecule has 0 spiro atoms. The Kier molecular flexibility index (Phi) is 7.81. The van der Waals surface area contributed by atoms with Gasteiger partial charge in [0.2, 0.25) is 15.9 Å². The molecule has 0 bridgehead atoms. The summed E-state index contributed by atoms with van der Waals surface area (Å²) >= 11 is 7.40. The lowest BCUT2D eigenvalue weighted by Crippen LogP contribution is -2.30. The number of para-hydroxylation sites is 2. The molecule has 0 atom stereocenters. The second kappa shape index (κ2) is 10.4. The Hall–Kier alpha value is -2.56. The normalized spacial score (nSPS) is 11.4. The molecular formula is C21H24ClN5O3S2. The monoisotopic (exact) mass is 493 g/mol. The molecule has 0 unspecified atom stereocenters. The van der Waals surface area contributed by atoms with Crippen molar-refractivity contribution in [1.82, 2.24) is 14.8 Å². The van der Waals surface area contributed by atoms with E-state index in [2.05, 4.69) is 15.5 Å². The molecule has 32 heavy (non-hydrogen) atoms. The smallest absolute Gasteiger partial charge is 0.234 e. The molecule has 3 aromatic rings. The first kappa shape index (κ1) is 24.1. The van der Waals surface area contributed by atoms with Gasteiger partial charge in [0.1, 0.15) is 0 Å². The minimum atomic E-state index is -3.53. The van der Waals surface area contributed by atoms with Gasteiger partial charge in [-0.25, -0.2) is 8.42 Å². The summed E-state index contributed by atoms with van der Waals surface area (Å²) < 4.78 is 27.9. The Morgan fingerprint density at radius 1 is 1.16 bits per heavy atom. The minimum Gasteiger partial charge on any atom is -0.324 e. The van der Waals surface area contributed by atoms with Crippen molar-refractivity contribution in [2.75, 3.05) is 21.6 Å². The second-order valence-corrected chi connectivity index (χ2v) is 10.3. The van der Waals surface area contributed by atoms with Crippen molar-refractivity contribution in [1.29, 1.82) is 0 Å². The van der Waals surface area contributed by atoms with E-state index < -0.39 is 10.0 Å². The lowest BCUT2D eigenvalue weighted by molar-refractivity contribution is -0.113. The standard InChI is InChI=1S/C21H24ClN5O3S2/c1-4-26-18(13-27(32(3,29)30)16-10-6-5-7-11-16)24-25-21(26)31-14-19(28)23-20-15(2)9-8-12-17(20)22/h5-12H,4,13-14H2,1-3H3,(H,23,28). The van der Waals surface area contributed by atoms with Crippen LogP contribution in [0.25, 0.3) is 0 Å². The Bertz CT molecular complexity index is 1180. The molecule has 8 nitrogen and oxygen atoms in total. The molecule has 1 N–H and O–H groups in total. The molecule has 170 valence electrons. The van der Waals surface area contributed by atoms with Gasteiger partial charge in [0, 0.05) is 6.54 Å². The summed E-state index contributed by atoms with van der Waals surface area (Å²) in [5.41, 5.74) is 2.00. The van der Waals surface area contributed by atoms with E-state index in [9.17, 15) is 13.2 Å². The molecule has 3 rings (SSSR count). The fourth-order valence-electron chi connectivity index (χ4n) is 3.08. The highest BCUT2D eigenvalue weighted by atomic mass is 35.5. The number of aromatic nitrogens is 3. The largest absolute Gasteiger partial charge is 0.324 e. The third kappa shape index (κ3) is 5.81. The van der Waals surface area contributed by atoms with E-state index in [4.69, 9.17) is 11.6 Å². The Balaban J connectivity index is 1.74. The zero-order chi connectivity index (χ0) is 23.3. The van der Waals surface area contributed by atoms with Crippen LogP contribution in [0.5, 0.6) is 0 Å². The van der Waals surface area contributed by atoms with Gasteiger partial charge in [-0.2, -0.15) is 0 Å². The molecular weight excluding hydrogens is 470 g/mol. The summed E-state index contributed by atoms with van der Waals surface area (Å²) in [5.74, 6) is 0.379. The maximum absolute atomic E-state index is 12.5. The predicted molar refractivity (Wildman–Crippen MR) is 129 cm³/mol. The number of halogens is 1. The van der Waals surface area contributed by atoms with Crippen LogP contribution in [0, 0.1) is 6.92 Å². The average Bonchev–Trinajstić information content (AvgIpc) is 3.14. The third-order valence-electron chi connectivity index (χ3n) is 4.66. The molecule has 0 aliphatic carbocycles. The fourth-order valence-corrected chi connectivity index (χ4v) is 5.02. The molecule has 1 amide bonds. The number of thioether (sulfide) groups is 1. The molecule has 0 saturated carbocycles. The maximum atomic E-state index is 12.5. The first-order valence-corrected chi connectivity index (χ1v) is 13.0. The Morgan fingerprint density at radius 3 is 2.50 bits per heavy atom. The molecule has 0 aliphatic heterocycles. The number of benzene rings is 2. The molecule has 0 fully saturated rings. The number of rotatable bonds is 9. The Morgan fingerprint density at radius 2 is 1.88 bits per heavy atom. The van der Waals surface area contributed by atoms with Gasteiger partial charge in [0.05, 0.1) is 35.0 Å². The number of sulfonamides is 1. The molecule has 1 heterocycles. The van der Waals surface area contributed by atoms with Crippen molar-refractivity contribution in [2.45, 2.75) is 32.1 Å². The van der Waals surface area contributed by atoms with Crippen LogP contribution in [0.1, 0.15) is 18.3 Å². The number of carbonyl (C=O) groups is 1. The van der Waals surface area contributed by atoms with E-state index >= 15 is 0 Å². The quantitative estimate of drug-likeness (QED) is 0.453. The summed E-state index contributed by atoms with van der Waals surface area (Å²) in [6.07, 6.45) is 1.16. The number of amides is 1. The van der Waals surface area contributed by atoms with E-state index in [0.717, 1.165) is 11.8 Å². The summed E-state index contributed by atoms with van der Waals surface area (Å²) in [6, 6.07) is 14.2. The number of nitrogens with zero attached hydrogens (tertiary/aromatic N) is 4. The third-order valence-corrected chi connectivity index (χ3v) is 7.08.